The van der Waals surface area contributed by atoms with Crippen molar-refractivity contribution in [3.63, 3.8) is 0 Å². The maximum atomic E-state index is 11.1. The quantitative estimate of drug-likeness (QED) is 0.769. The van der Waals surface area contributed by atoms with E-state index >= 15 is 0 Å². The highest BCUT2D eigenvalue weighted by atomic mass is 16.3. The van der Waals surface area contributed by atoms with Crippen LogP contribution in [0.3, 0.4) is 0 Å². The molecule has 1 aromatic heterocycles. The van der Waals surface area contributed by atoms with E-state index < -0.39 is 5.91 Å². The topological polar surface area (TPSA) is 70.1 Å². The van der Waals surface area contributed by atoms with Gasteiger partial charge in [0.1, 0.15) is 5.52 Å². The van der Waals surface area contributed by atoms with Gasteiger partial charge in [-0.25, -0.2) is 4.98 Å². The van der Waals surface area contributed by atoms with Gasteiger partial charge in [-0.2, -0.15) is 5.26 Å². The molecule has 2 rings (SSSR count). The molecule has 0 spiro atoms. The molecule has 0 aliphatic rings. The molecule has 0 atom stereocenters. The number of aromatic nitrogens is 1. The van der Waals surface area contributed by atoms with E-state index in [1.807, 2.05) is 18.2 Å². The average Bonchev–Trinajstić information content (AvgIpc) is 2.74. The molecule has 5 heteroatoms. The maximum absolute atomic E-state index is 11.1. The molecule has 0 fully saturated rings. The molecule has 18 heavy (non-hydrogen) atoms. The van der Waals surface area contributed by atoms with Gasteiger partial charge < -0.3 is 9.32 Å². The summed E-state index contributed by atoms with van der Waals surface area (Å²) in [7, 11) is 1.61. The summed E-state index contributed by atoms with van der Waals surface area (Å²) in [5, 5.41) is 8.48. The fraction of sp³-hybridized carbons (Fsp3) is 0.308. The molecular formula is C13H13N3O2. The van der Waals surface area contributed by atoms with Crippen LogP contribution in [-0.4, -0.2) is 29.4 Å². The predicted octanol–water partition coefficient (Wildman–Crippen LogP) is 1.66. The van der Waals surface area contributed by atoms with Crippen molar-refractivity contribution in [3.8, 4) is 6.07 Å². The van der Waals surface area contributed by atoms with Crippen LogP contribution in [0.4, 0.5) is 0 Å². The number of carbonyl (C=O) groups excluding carboxylic acids is 1. The summed E-state index contributed by atoms with van der Waals surface area (Å²) < 4.78 is 5.44. The Morgan fingerprint density at radius 2 is 2.33 bits per heavy atom. The summed E-state index contributed by atoms with van der Waals surface area (Å²) in [6, 6.07) is 7.36. The van der Waals surface area contributed by atoms with Crippen LogP contribution in [0.1, 0.15) is 11.5 Å². The lowest BCUT2D eigenvalue weighted by Gasteiger charge is -2.12. The molecule has 0 radical (unpaired) electrons. The number of fused-ring (bicyclic) bond motifs is 1. The van der Waals surface area contributed by atoms with Gasteiger partial charge in [-0.15, -0.1) is 0 Å². The summed E-state index contributed by atoms with van der Waals surface area (Å²) in [4.78, 5) is 16.7. The Hall–Kier alpha value is -2.35. The number of nitriles is 1. The number of aryl methyl sites for hydroxylation is 1. The molecule has 0 saturated carbocycles. The van der Waals surface area contributed by atoms with Crippen molar-refractivity contribution in [2.45, 2.75) is 13.3 Å². The predicted molar refractivity (Wildman–Crippen MR) is 65.7 cm³/mol. The summed E-state index contributed by atoms with van der Waals surface area (Å²) in [6.45, 7) is 2.31. The van der Waals surface area contributed by atoms with Crippen LogP contribution in [0.25, 0.3) is 11.1 Å². The van der Waals surface area contributed by atoms with Crippen LogP contribution >= 0.6 is 0 Å². The molecule has 5 nitrogen and oxygen atoms in total. The Balaban J connectivity index is 2.08. The largest absolute Gasteiger partial charge is 0.441 e. The molecule has 1 amide bonds. The van der Waals surface area contributed by atoms with E-state index in [-0.39, 0.29) is 0 Å². The average molecular weight is 243 g/mol. The van der Waals surface area contributed by atoms with Gasteiger partial charge in [-0.3, -0.25) is 4.79 Å². The SMILES string of the molecule is Cc1nc2ccc(CCN(C)C(=O)C#N)cc2o1. The normalized spacial score (nSPS) is 10.3. The zero-order valence-electron chi connectivity index (χ0n) is 10.3. The van der Waals surface area contributed by atoms with Crippen LogP contribution in [0, 0.1) is 18.3 Å². The van der Waals surface area contributed by atoms with Crippen molar-refractivity contribution in [1.29, 1.82) is 5.26 Å². The van der Waals surface area contributed by atoms with Crippen molar-refractivity contribution < 1.29 is 9.21 Å². The third-order valence-electron chi connectivity index (χ3n) is 2.74. The van der Waals surface area contributed by atoms with Crippen LogP contribution in [0.2, 0.25) is 0 Å². The number of hydrogen-bond acceptors (Lipinski definition) is 4. The number of carbonyl (C=O) groups is 1. The lowest BCUT2D eigenvalue weighted by atomic mass is 10.1. The number of rotatable bonds is 3. The van der Waals surface area contributed by atoms with Crippen molar-refractivity contribution in [2.24, 2.45) is 0 Å². The minimum absolute atomic E-state index is 0.505. The van der Waals surface area contributed by atoms with Gasteiger partial charge in [-0.1, -0.05) is 6.07 Å². The van der Waals surface area contributed by atoms with Gasteiger partial charge in [0.05, 0.1) is 0 Å². The minimum Gasteiger partial charge on any atom is -0.441 e. The van der Waals surface area contributed by atoms with E-state index in [0.717, 1.165) is 16.7 Å². The number of hydrogen-bond donors (Lipinski definition) is 0. The van der Waals surface area contributed by atoms with E-state index in [0.29, 0.717) is 18.9 Å². The van der Waals surface area contributed by atoms with Crippen molar-refractivity contribution >= 4 is 17.0 Å². The standard InChI is InChI=1S/C13H13N3O2/c1-9-15-11-4-3-10(7-12(11)18-9)5-6-16(2)13(17)8-14/h3-4,7H,5-6H2,1-2H3. The number of likely N-dealkylation sites (N-methyl/N-ethyl adjacent to an activating group) is 1. The van der Waals surface area contributed by atoms with Crippen molar-refractivity contribution in [3.05, 3.63) is 29.7 Å². The highest BCUT2D eigenvalue weighted by molar-refractivity contribution is 5.90. The summed E-state index contributed by atoms with van der Waals surface area (Å²) in [6.07, 6.45) is 0.680. The second-order valence-electron chi connectivity index (χ2n) is 4.12. The first-order chi connectivity index (χ1) is 8.60. The molecule has 0 saturated heterocycles. The summed E-state index contributed by atoms with van der Waals surface area (Å²) in [5.41, 5.74) is 2.63. The molecule has 1 aromatic carbocycles. The fourth-order valence-corrected chi connectivity index (χ4v) is 1.72. The van der Waals surface area contributed by atoms with Crippen LogP contribution in [-0.2, 0) is 11.2 Å². The Kier molecular flexibility index (Phi) is 3.28. The van der Waals surface area contributed by atoms with Gasteiger partial charge >= 0.3 is 5.91 Å². The lowest BCUT2D eigenvalue weighted by Crippen LogP contribution is -2.27. The van der Waals surface area contributed by atoms with Gasteiger partial charge in [0.25, 0.3) is 0 Å². The minimum atomic E-state index is -0.522. The third kappa shape index (κ3) is 2.48. The van der Waals surface area contributed by atoms with E-state index in [1.165, 1.54) is 4.90 Å². The molecule has 2 aromatic rings. The summed E-state index contributed by atoms with van der Waals surface area (Å²) in [5.74, 6) is 0.116. The first-order valence-electron chi connectivity index (χ1n) is 5.61. The van der Waals surface area contributed by atoms with Gasteiger partial charge in [-0.05, 0) is 24.1 Å². The number of amides is 1. The highest BCUT2D eigenvalue weighted by Crippen LogP contribution is 2.17. The molecule has 0 aliphatic heterocycles. The molecular weight excluding hydrogens is 230 g/mol. The third-order valence-corrected chi connectivity index (χ3v) is 2.74. The Morgan fingerprint density at radius 1 is 1.56 bits per heavy atom. The summed E-state index contributed by atoms with van der Waals surface area (Å²) >= 11 is 0. The first-order valence-corrected chi connectivity index (χ1v) is 5.61. The first kappa shape index (κ1) is 12.1. The molecule has 0 bridgehead atoms. The zero-order valence-corrected chi connectivity index (χ0v) is 10.3. The van der Waals surface area contributed by atoms with Crippen molar-refractivity contribution in [2.75, 3.05) is 13.6 Å². The lowest BCUT2D eigenvalue weighted by molar-refractivity contribution is -0.124. The fourth-order valence-electron chi connectivity index (χ4n) is 1.72. The van der Waals surface area contributed by atoms with E-state index in [2.05, 4.69) is 4.98 Å². The zero-order chi connectivity index (χ0) is 13.1. The number of benzene rings is 1. The monoisotopic (exact) mass is 243 g/mol. The van der Waals surface area contributed by atoms with E-state index in [9.17, 15) is 4.79 Å². The smallest absolute Gasteiger partial charge is 0.324 e. The molecule has 1 heterocycles. The molecule has 0 aliphatic carbocycles. The Bertz CT molecular complexity index is 625. The molecule has 92 valence electrons. The Morgan fingerprint density at radius 3 is 3.06 bits per heavy atom. The Labute approximate surface area is 105 Å². The second kappa shape index (κ2) is 4.88. The maximum Gasteiger partial charge on any atom is 0.324 e. The van der Waals surface area contributed by atoms with Gasteiger partial charge in [0, 0.05) is 20.5 Å². The van der Waals surface area contributed by atoms with Gasteiger partial charge in [0.2, 0.25) is 0 Å². The van der Waals surface area contributed by atoms with E-state index in [4.69, 9.17) is 9.68 Å². The van der Waals surface area contributed by atoms with Crippen LogP contribution in [0.15, 0.2) is 22.6 Å². The number of oxazole rings is 1. The highest BCUT2D eigenvalue weighted by Gasteiger charge is 2.08. The number of nitrogens with zero attached hydrogens (tertiary/aromatic N) is 3. The van der Waals surface area contributed by atoms with E-state index in [1.54, 1.807) is 20.0 Å². The van der Waals surface area contributed by atoms with Crippen LogP contribution in [0.5, 0.6) is 0 Å². The second-order valence-corrected chi connectivity index (χ2v) is 4.12. The van der Waals surface area contributed by atoms with Gasteiger partial charge in [0.15, 0.2) is 17.5 Å². The molecule has 0 unspecified atom stereocenters. The van der Waals surface area contributed by atoms with Crippen LogP contribution < -0.4 is 0 Å². The van der Waals surface area contributed by atoms with Crippen molar-refractivity contribution in [1.82, 2.24) is 9.88 Å². The molecule has 0 N–H and O–H groups in total.